The highest BCUT2D eigenvalue weighted by atomic mass is 16.2. The topological polar surface area (TPSA) is 58.1 Å². The van der Waals surface area contributed by atoms with Crippen molar-refractivity contribution in [3.05, 3.63) is 54.0 Å². The minimum Gasteiger partial charge on any atom is -0.370 e. The van der Waals surface area contributed by atoms with Gasteiger partial charge in [-0.25, -0.2) is 9.97 Å². The van der Waals surface area contributed by atoms with Crippen molar-refractivity contribution < 1.29 is 4.79 Å². The minimum atomic E-state index is -0.0719. The number of rotatable bonds is 8. The highest BCUT2D eigenvalue weighted by Crippen LogP contribution is 2.11. The third kappa shape index (κ3) is 5.06. The van der Waals surface area contributed by atoms with Gasteiger partial charge in [0.05, 0.1) is 0 Å². The predicted molar refractivity (Wildman–Crippen MR) is 92.3 cm³/mol. The van der Waals surface area contributed by atoms with Gasteiger partial charge in [0, 0.05) is 25.7 Å². The molecular weight excluding hydrogens is 288 g/mol. The average Bonchev–Trinajstić information content (AvgIpc) is 2.60. The molecule has 2 rings (SSSR count). The van der Waals surface area contributed by atoms with Gasteiger partial charge in [0.25, 0.3) is 5.91 Å². The zero-order valence-electron chi connectivity index (χ0n) is 13.8. The highest BCUT2D eigenvalue weighted by Gasteiger charge is 2.16. The fraction of sp³-hybridized carbons (Fsp3) is 0.389. The first-order valence-corrected chi connectivity index (χ1v) is 8.13. The summed E-state index contributed by atoms with van der Waals surface area (Å²) in [5, 5.41) is 3.23. The molecule has 0 spiro atoms. The summed E-state index contributed by atoms with van der Waals surface area (Å²) in [4.78, 5) is 22.8. The second-order valence-electron chi connectivity index (χ2n) is 5.37. The third-order valence-electron chi connectivity index (χ3n) is 3.61. The number of nitrogens with zero attached hydrogens (tertiary/aromatic N) is 3. The fourth-order valence-corrected chi connectivity index (χ4v) is 2.26. The van der Waals surface area contributed by atoms with E-state index in [2.05, 4.69) is 22.2 Å². The van der Waals surface area contributed by atoms with Crippen LogP contribution in [-0.2, 0) is 6.54 Å². The van der Waals surface area contributed by atoms with Gasteiger partial charge in [-0.05, 0) is 18.9 Å². The van der Waals surface area contributed by atoms with Crippen molar-refractivity contribution in [3.63, 3.8) is 0 Å². The molecule has 0 radical (unpaired) electrons. The molecule has 5 nitrogen and oxygen atoms in total. The van der Waals surface area contributed by atoms with Crippen LogP contribution in [0.15, 0.2) is 42.7 Å². The molecule has 0 bridgehead atoms. The maximum atomic E-state index is 12.7. The third-order valence-corrected chi connectivity index (χ3v) is 3.61. The molecular formula is C18H24N4O. The predicted octanol–water partition coefficient (Wildman–Crippen LogP) is 3.35. The van der Waals surface area contributed by atoms with Crippen LogP contribution in [0.4, 0.5) is 5.82 Å². The first-order chi connectivity index (χ1) is 11.2. The summed E-state index contributed by atoms with van der Waals surface area (Å²) in [6, 6.07) is 11.7. The maximum Gasteiger partial charge on any atom is 0.272 e. The van der Waals surface area contributed by atoms with Crippen LogP contribution in [-0.4, -0.2) is 33.9 Å². The van der Waals surface area contributed by atoms with Crippen LogP contribution in [0.1, 0.15) is 42.7 Å². The Labute approximate surface area is 137 Å². The van der Waals surface area contributed by atoms with Crippen molar-refractivity contribution in [1.82, 2.24) is 14.9 Å². The first kappa shape index (κ1) is 16.9. The summed E-state index contributed by atoms with van der Waals surface area (Å²) in [5.74, 6) is 0.629. The fourth-order valence-electron chi connectivity index (χ4n) is 2.26. The largest absolute Gasteiger partial charge is 0.370 e. The van der Waals surface area contributed by atoms with E-state index in [4.69, 9.17) is 0 Å². The number of benzene rings is 1. The SMILES string of the molecule is CCCCNc1cc(C(=O)N(CC)Cc2ccccc2)ncn1. The number of anilines is 1. The zero-order valence-corrected chi connectivity index (χ0v) is 13.8. The van der Waals surface area contributed by atoms with Gasteiger partial charge >= 0.3 is 0 Å². The number of amides is 1. The number of hydrogen-bond donors (Lipinski definition) is 1. The normalized spacial score (nSPS) is 10.3. The summed E-state index contributed by atoms with van der Waals surface area (Å²) in [5.41, 5.74) is 1.54. The smallest absolute Gasteiger partial charge is 0.272 e. The summed E-state index contributed by atoms with van der Waals surface area (Å²) >= 11 is 0. The Morgan fingerprint density at radius 1 is 1.17 bits per heavy atom. The molecule has 0 aliphatic heterocycles. The Hall–Kier alpha value is -2.43. The van der Waals surface area contributed by atoms with Gasteiger partial charge in [0.15, 0.2) is 0 Å². The van der Waals surface area contributed by atoms with E-state index in [0.717, 1.165) is 24.9 Å². The molecule has 0 saturated heterocycles. The van der Waals surface area contributed by atoms with Crippen LogP contribution in [0.2, 0.25) is 0 Å². The van der Waals surface area contributed by atoms with Gasteiger partial charge in [-0.15, -0.1) is 0 Å². The molecule has 23 heavy (non-hydrogen) atoms. The molecule has 0 atom stereocenters. The van der Waals surface area contributed by atoms with E-state index in [0.29, 0.717) is 24.6 Å². The lowest BCUT2D eigenvalue weighted by molar-refractivity contribution is 0.0746. The quantitative estimate of drug-likeness (QED) is 0.759. The van der Waals surface area contributed by atoms with Gasteiger partial charge < -0.3 is 10.2 Å². The average molecular weight is 312 g/mol. The monoisotopic (exact) mass is 312 g/mol. The van der Waals surface area contributed by atoms with Gasteiger partial charge in [-0.1, -0.05) is 43.7 Å². The Morgan fingerprint density at radius 3 is 2.65 bits per heavy atom. The first-order valence-electron chi connectivity index (χ1n) is 8.13. The number of unbranched alkanes of at least 4 members (excludes halogenated alkanes) is 1. The van der Waals surface area contributed by atoms with Crippen LogP contribution in [0, 0.1) is 0 Å². The molecule has 2 aromatic rings. The van der Waals surface area contributed by atoms with Crippen LogP contribution in [0.3, 0.4) is 0 Å². The Balaban J connectivity index is 2.06. The van der Waals surface area contributed by atoms with E-state index >= 15 is 0 Å². The number of carbonyl (C=O) groups excluding carboxylic acids is 1. The van der Waals surface area contributed by atoms with E-state index in [-0.39, 0.29) is 5.91 Å². The molecule has 5 heteroatoms. The molecule has 0 aliphatic rings. The molecule has 1 aromatic heterocycles. The van der Waals surface area contributed by atoms with Crippen LogP contribution in [0.5, 0.6) is 0 Å². The number of hydrogen-bond acceptors (Lipinski definition) is 4. The second kappa shape index (κ2) is 8.88. The van der Waals surface area contributed by atoms with Crippen molar-refractivity contribution in [2.45, 2.75) is 33.2 Å². The Morgan fingerprint density at radius 2 is 1.96 bits per heavy atom. The zero-order chi connectivity index (χ0) is 16.5. The molecule has 1 aromatic carbocycles. The van der Waals surface area contributed by atoms with Crippen LogP contribution < -0.4 is 5.32 Å². The van der Waals surface area contributed by atoms with Crippen molar-refractivity contribution in [2.24, 2.45) is 0 Å². The maximum absolute atomic E-state index is 12.7. The summed E-state index contributed by atoms with van der Waals surface area (Å²) in [6.07, 6.45) is 3.63. The number of aromatic nitrogens is 2. The van der Waals surface area contributed by atoms with Crippen molar-refractivity contribution in [1.29, 1.82) is 0 Å². The van der Waals surface area contributed by atoms with Gasteiger partial charge in [0.1, 0.15) is 17.8 Å². The summed E-state index contributed by atoms with van der Waals surface area (Å²) in [7, 11) is 0. The molecule has 1 heterocycles. The lowest BCUT2D eigenvalue weighted by atomic mass is 10.2. The number of carbonyl (C=O) groups is 1. The molecule has 0 unspecified atom stereocenters. The van der Waals surface area contributed by atoms with E-state index in [9.17, 15) is 4.79 Å². The number of nitrogens with one attached hydrogen (secondary N) is 1. The van der Waals surface area contributed by atoms with Gasteiger partial charge in [0.2, 0.25) is 0 Å². The van der Waals surface area contributed by atoms with Crippen LogP contribution >= 0.6 is 0 Å². The highest BCUT2D eigenvalue weighted by molar-refractivity contribution is 5.92. The van der Waals surface area contributed by atoms with Crippen molar-refractivity contribution in [2.75, 3.05) is 18.4 Å². The second-order valence-corrected chi connectivity index (χ2v) is 5.37. The van der Waals surface area contributed by atoms with Crippen molar-refractivity contribution >= 4 is 11.7 Å². The van der Waals surface area contributed by atoms with E-state index in [1.807, 2.05) is 37.3 Å². The van der Waals surface area contributed by atoms with Gasteiger partial charge in [-0.3, -0.25) is 4.79 Å². The molecule has 0 fully saturated rings. The molecule has 1 N–H and O–H groups in total. The van der Waals surface area contributed by atoms with Crippen molar-refractivity contribution in [3.8, 4) is 0 Å². The Kier molecular flexibility index (Phi) is 6.54. The summed E-state index contributed by atoms with van der Waals surface area (Å²) < 4.78 is 0. The van der Waals surface area contributed by atoms with Crippen LogP contribution in [0.25, 0.3) is 0 Å². The van der Waals surface area contributed by atoms with E-state index in [1.54, 1.807) is 11.0 Å². The minimum absolute atomic E-state index is 0.0719. The molecule has 1 amide bonds. The summed E-state index contributed by atoms with van der Waals surface area (Å²) in [6.45, 7) is 6.18. The standard InChI is InChI=1S/C18H24N4O/c1-3-5-11-19-17-12-16(20-14-21-17)18(23)22(4-2)13-15-9-7-6-8-10-15/h6-10,12,14H,3-5,11,13H2,1-2H3,(H,19,20,21). The lowest BCUT2D eigenvalue weighted by Gasteiger charge is -2.20. The lowest BCUT2D eigenvalue weighted by Crippen LogP contribution is -2.31. The van der Waals surface area contributed by atoms with E-state index in [1.165, 1.54) is 6.33 Å². The molecule has 122 valence electrons. The molecule has 0 aliphatic carbocycles. The van der Waals surface area contributed by atoms with E-state index < -0.39 is 0 Å². The molecule has 0 saturated carbocycles. The van der Waals surface area contributed by atoms with Gasteiger partial charge in [-0.2, -0.15) is 0 Å². The Bertz CT molecular complexity index is 615.